The molecule has 11 heteroatoms. The van der Waals surface area contributed by atoms with E-state index in [-0.39, 0.29) is 5.43 Å². The van der Waals surface area contributed by atoms with E-state index >= 15 is 0 Å². The van der Waals surface area contributed by atoms with E-state index in [0.717, 1.165) is 79.2 Å². The molecule has 10 nitrogen and oxygen atoms in total. The summed E-state index contributed by atoms with van der Waals surface area (Å²) in [5.74, 6) is 1.94. The molecule has 0 unspecified atom stereocenters. The first-order valence-corrected chi connectivity index (χ1v) is 17.3. The summed E-state index contributed by atoms with van der Waals surface area (Å²) in [6.45, 7) is 15.7. The number of pyridine rings is 2. The standard InChI is InChI=1S/C19H22N2O4S.C18H20N2O2/c1-11-7-15(24-5)8-12(2)18(11)21-10-13(3)17-16(25-26(6,22)23)9-14(4)20-19(17)21;1-10-6-14(22-5)7-11(2)17(10)20-9-12(3)16-15(21)8-13(4)19-18(16)20/h7-10H,1-6H3;6-9H,1-5H3,(H,19,21). The van der Waals surface area contributed by atoms with Crippen molar-refractivity contribution in [3.05, 3.63) is 104 Å². The van der Waals surface area contributed by atoms with Crippen LogP contribution in [0.3, 0.4) is 0 Å². The second-order valence-electron chi connectivity index (χ2n) is 12.4. The molecule has 0 saturated heterocycles. The molecule has 0 atom stereocenters. The zero-order valence-electron chi connectivity index (χ0n) is 29.3. The molecule has 0 aliphatic rings. The van der Waals surface area contributed by atoms with Gasteiger partial charge in [-0.3, -0.25) is 4.79 Å². The third kappa shape index (κ3) is 6.55. The number of benzene rings is 2. The maximum absolute atomic E-state index is 12.3. The van der Waals surface area contributed by atoms with Crippen LogP contribution in [0.15, 0.2) is 53.6 Å². The van der Waals surface area contributed by atoms with E-state index < -0.39 is 10.1 Å². The van der Waals surface area contributed by atoms with Crippen molar-refractivity contribution in [1.29, 1.82) is 0 Å². The van der Waals surface area contributed by atoms with Gasteiger partial charge in [-0.1, -0.05) is 0 Å². The van der Waals surface area contributed by atoms with Crippen molar-refractivity contribution in [2.75, 3.05) is 20.5 Å². The van der Waals surface area contributed by atoms with Gasteiger partial charge >= 0.3 is 10.1 Å². The van der Waals surface area contributed by atoms with Crippen LogP contribution in [-0.2, 0) is 10.1 Å². The number of hydrogen-bond acceptors (Lipinski definition) is 7. The Labute approximate surface area is 281 Å². The van der Waals surface area contributed by atoms with Crippen molar-refractivity contribution in [1.82, 2.24) is 19.1 Å². The first kappa shape index (κ1) is 34.3. The first-order chi connectivity index (χ1) is 22.5. The van der Waals surface area contributed by atoms with E-state index in [0.29, 0.717) is 22.5 Å². The molecule has 6 rings (SSSR count). The predicted molar refractivity (Wildman–Crippen MR) is 191 cm³/mol. The number of hydrogen-bond donors (Lipinski definition) is 1. The van der Waals surface area contributed by atoms with Gasteiger partial charge in [0.1, 0.15) is 22.8 Å². The quantitative estimate of drug-likeness (QED) is 0.187. The van der Waals surface area contributed by atoms with Crippen molar-refractivity contribution >= 4 is 32.2 Å². The highest BCUT2D eigenvalue weighted by Crippen LogP contribution is 2.35. The van der Waals surface area contributed by atoms with Crippen LogP contribution < -0.4 is 19.1 Å². The minimum Gasteiger partial charge on any atom is -0.497 e. The van der Waals surface area contributed by atoms with Gasteiger partial charge in [-0.2, -0.15) is 8.42 Å². The summed E-state index contributed by atoms with van der Waals surface area (Å²) in [5.41, 5.74) is 11.3. The number of nitrogens with zero attached hydrogens (tertiary/aromatic N) is 3. The first-order valence-electron chi connectivity index (χ1n) is 15.4. The summed E-state index contributed by atoms with van der Waals surface area (Å²) in [5, 5.41) is 1.44. The Kier molecular flexibility index (Phi) is 9.20. The number of rotatable bonds is 6. The van der Waals surface area contributed by atoms with Crippen molar-refractivity contribution in [2.45, 2.75) is 55.4 Å². The summed E-state index contributed by atoms with van der Waals surface area (Å²) in [7, 11) is -0.324. The number of aromatic nitrogens is 4. The Hall–Kier alpha value is -5.03. The van der Waals surface area contributed by atoms with Gasteiger partial charge in [-0.15, -0.1) is 0 Å². The average Bonchev–Trinajstić information content (AvgIpc) is 3.47. The molecule has 0 aliphatic carbocycles. The van der Waals surface area contributed by atoms with Gasteiger partial charge in [0.25, 0.3) is 0 Å². The molecule has 0 bridgehead atoms. The lowest BCUT2D eigenvalue weighted by Gasteiger charge is -2.14. The van der Waals surface area contributed by atoms with Gasteiger partial charge in [-0.25, -0.2) is 4.98 Å². The van der Waals surface area contributed by atoms with Crippen LogP contribution in [0.1, 0.15) is 44.8 Å². The Bertz CT molecular complexity index is 2340. The molecule has 2 aromatic carbocycles. The third-order valence-electron chi connectivity index (χ3n) is 8.27. The van der Waals surface area contributed by atoms with Gasteiger partial charge in [0.15, 0.2) is 11.2 Å². The van der Waals surface area contributed by atoms with E-state index in [2.05, 4.69) is 28.4 Å². The maximum atomic E-state index is 12.3. The molecule has 252 valence electrons. The van der Waals surface area contributed by atoms with Crippen LogP contribution in [0.5, 0.6) is 17.2 Å². The third-order valence-corrected chi connectivity index (χ3v) is 8.75. The number of H-pyrrole nitrogens is 1. The van der Waals surface area contributed by atoms with Crippen molar-refractivity contribution in [2.24, 2.45) is 0 Å². The molecule has 0 radical (unpaired) electrons. The number of fused-ring (bicyclic) bond motifs is 2. The normalized spacial score (nSPS) is 11.5. The summed E-state index contributed by atoms with van der Waals surface area (Å²) in [6, 6.07) is 11.2. The molecule has 6 aromatic rings. The molecule has 0 aliphatic heterocycles. The second-order valence-corrected chi connectivity index (χ2v) is 13.9. The summed E-state index contributed by atoms with van der Waals surface area (Å²) >= 11 is 0. The van der Waals surface area contributed by atoms with Gasteiger partial charge in [0.2, 0.25) is 0 Å². The summed E-state index contributed by atoms with van der Waals surface area (Å²) in [6.07, 6.45) is 5.01. The molecule has 0 amide bonds. The van der Waals surface area contributed by atoms with E-state index in [9.17, 15) is 13.2 Å². The molecule has 48 heavy (non-hydrogen) atoms. The summed E-state index contributed by atoms with van der Waals surface area (Å²) in [4.78, 5) is 20.3. The van der Waals surface area contributed by atoms with Gasteiger partial charge < -0.3 is 27.8 Å². The minimum atomic E-state index is -3.64. The Morgan fingerprint density at radius 2 is 1.15 bits per heavy atom. The lowest BCUT2D eigenvalue weighted by molar-refractivity contribution is 0.414. The largest absolute Gasteiger partial charge is 0.497 e. The van der Waals surface area contributed by atoms with Crippen LogP contribution in [-0.4, -0.2) is 48.0 Å². The molecule has 4 aromatic heterocycles. The predicted octanol–water partition coefficient (Wildman–Crippen LogP) is 7.17. The van der Waals surface area contributed by atoms with E-state index in [1.807, 2.05) is 82.8 Å². The fourth-order valence-corrected chi connectivity index (χ4v) is 6.91. The fraction of sp³-hybridized carbons (Fsp3) is 0.297. The Balaban J connectivity index is 0.000000190. The highest BCUT2D eigenvalue weighted by atomic mass is 32.2. The van der Waals surface area contributed by atoms with Gasteiger partial charge in [0, 0.05) is 35.9 Å². The average molecular weight is 671 g/mol. The summed E-state index contributed by atoms with van der Waals surface area (Å²) < 4.78 is 43.3. The lowest BCUT2D eigenvalue weighted by atomic mass is 10.1. The van der Waals surface area contributed by atoms with E-state index in [4.69, 9.17) is 13.7 Å². The SMILES string of the molecule is COc1cc(C)c(-n2cc(C)c3c(=O)cc(C)[nH]c32)c(C)c1.COc1cc(C)c(-n2cc(C)c3c(OS(C)(=O)=O)cc(C)nc32)c(C)c1. The monoisotopic (exact) mass is 670 g/mol. The second kappa shape index (κ2) is 12.9. The number of ether oxygens (including phenoxy) is 2. The molecule has 1 N–H and O–H groups in total. The maximum Gasteiger partial charge on any atom is 0.306 e. The number of aromatic amines is 1. The van der Waals surface area contributed by atoms with E-state index in [1.165, 1.54) is 0 Å². The number of methoxy groups -OCH3 is 2. The lowest BCUT2D eigenvalue weighted by Crippen LogP contribution is -2.07. The van der Waals surface area contributed by atoms with Crippen molar-refractivity contribution in [3.8, 4) is 28.6 Å². The van der Waals surface area contributed by atoms with Crippen LogP contribution in [0.25, 0.3) is 33.4 Å². The fourth-order valence-electron chi connectivity index (χ4n) is 6.45. The van der Waals surface area contributed by atoms with Crippen LogP contribution in [0.4, 0.5) is 0 Å². The smallest absolute Gasteiger partial charge is 0.306 e. The van der Waals surface area contributed by atoms with Crippen molar-refractivity contribution < 1.29 is 22.1 Å². The van der Waals surface area contributed by atoms with Crippen molar-refractivity contribution in [3.63, 3.8) is 0 Å². The zero-order chi connectivity index (χ0) is 35.2. The number of aryl methyl sites for hydroxylation is 8. The molecule has 0 spiro atoms. The van der Waals surface area contributed by atoms with Crippen LogP contribution in [0.2, 0.25) is 0 Å². The molecular weight excluding hydrogens is 628 g/mol. The highest BCUT2D eigenvalue weighted by Gasteiger charge is 2.20. The van der Waals surface area contributed by atoms with Gasteiger partial charge in [0.05, 0.1) is 42.6 Å². The van der Waals surface area contributed by atoms with Gasteiger partial charge in [-0.05, 0) is 113 Å². The van der Waals surface area contributed by atoms with Crippen LogP contribution >= 0.6 is 0 Å². The Morgan fingerprint density at radius 1 is 0.667 bits per heavy atom. The molecule has 0 saturated carbocycles. The van der Waals surface area contributed by atoms with E-state index in [1.54, 1.807) is 26.4 Å². The topological polar surface area (TPSA) is 117 Å². The Morgan fingerprint density at radius 3 is 1.65 bits per heavy atom. The molecular formula is C37H42N4O6S. The zero-order valence-corrected chi connectivity index (χ0v) is 30.1. The molecule has 4 heterocycles. The highest BCUT2D eigenvalue weighted by molar-refractivity contribution is 7.86. The number of nitrogens with one attached hydrogen (secondary N) is 1. The minimum absolute atomic E-state index is 0.0614. The van der Waals surface area contributed by atoms with Crippen LogP contribution in [0, 0.1) is 55.4 Å². The molecule has 0 fully saturated rings.